The number of hydrogen-bond acceptors (Lipinski definition) is 4. The van der Waals surface area contributed by atoms with E-state index in [9.17, 15) is 0 Å². The molecule has 0 amide bonds. The Morgan fingerprint density at radius 1 is 1.12 bits per heavy atom. The van der Waals surface area contributed by atoms with Gasteiger partial charge in [0.15, 0.2) is 5.15 Å². The van der Waals surface area contributed by atoms with Crippen molar-refractivity contribution in [2.45, 2.75) is 33.8 Å². The predicted octanol–water partition coefficient (Wildman–Crippen LogP) is 2.55. The molecule has 1 aromatic rings. The fourth-order valence-electron chi connectivity index (χ4n) is 1.07. The Kier molecular flexibility index (Phi) is 4.96. The van der Waals surface area contributed by atoms with Crippen LogP contribution in [0.15, 0.2) is 0 Å². The van der Waals surface area contributed by atoms with Gasteiger partial charge in [-0.15, -0.1) is 0 Å². The SMILES string of the molecule is Cc1nc(Cl)c(OCCOC(C)C)nc1C. The highest BCUT2D eigenvalue weighted by molar-refractivity contribution is 6.30. The van der Waals surface area contributed by atoms with Crippen LogP contribution in [0, 0.1) is 13.8 Å². The van der Waals surface area contributed by atoms with Crippen molar-refractivity contribution >= 4 is 11.6 Å². The van der Waals surface area contributed by atoms with Crippen LogP contribution in [0.3, 0.4) is 0 Å². The predicted molar refractivity (Wildman–Crippen MR) is 63.1 cm³/mol. The van der Waals surface area contributed by atoms with Crippen molar-refractivity contribution in [2.24, 2.45) is 0 Å². The third-order valence-corrected chi connectivity index (χ3v) is 2.25. The molecule has 90 valence electrons. The normalized spacial score (nSPS) is 10.9. The molecule has 4 nitrogen and oxygen atoms in total. The van der Waals surface area contributed by atoms with E-state index in [0.29, 0.717) is 24.2 Å². The molecule has 0 N–H and O–H groups in total. The Morgan fingerprint density at radius 2 is 1.75 bits per heavy atom. The lowest BCUT2D eigenvalue weighted by Gasteiger charge is -2.10. The van der Waals surface area contributed by atoms with Crippen molar-refractivity contribution in [3.8, 4) is 5.88 Å². The van der Waals surface area contributed by atoms with Crippen molar-refractivity contribution in [3.05, 3.63) is 16.5 Å². The zero-order valence-electron chi connectivity index (χ0n) is 10.1. The van der Waals surface area contributed by atoms with E-state index < -0.39 is 0 Å². The molecular formula is C11H17ClN2O2. The molecule has 1 rings (SSSR count). The summed E-state index contributed by atoms with van der Waals surface area (Å²) in [5.41, 5.74) is 1.64. The van der Waals surface area contributed by atoms with Crippen LogP contribution in [0.1, 0.15) is 25.2 Å². The van der Waals surface area contributed by atoms with Gasteiger partial charge < -0.3 is 9.47 Å². The zero-order valence-corrected chi connectivity index (χ0v) is 10.8. The van der Waals surface area contributed by atoms with Crippen molar-refractivity contribution in [1.82, 2.24) is 9.97 Å². The Balaban J connectivity index is 2.51. The van der Waals surface area contributed by atoms with Gasteiger partial charge in [0.1, 0.15) is 6.61 Å². The molecule has 0 aromatic carbocycles. The standard InChI is InChI=1S/C11H17ClN2O2/c1-7(2)15-5-6-16-11-10(12)13-8(3)9(4)14-11/h7H,5-6H2,1-4H3. The van der Waals surface area contributed by atoms with Crippen LogP contribution in [-0.2, 0) is 4.74 Å². The van der Waals surface area contributed by atoms with E-state index in [4.69, 9.17) is 21.1 Å². The molecule has 5 heteroatoms. The van der Waals surface area contributed by atoms with Crippen LogP contribution in [0.4, 0.5) is 0 Å². The fraction of sp³-hybridized carbons (Fsp3) is 0.636. The van der Waals surface area contributed by atoms with Crippen LogP contribution < -0.4 is 4.74 Å². The van der Waals surface area contributed by atoms with E-state index in [-0.39, 0.29) is 6.10 Å². The average molecular weight is 245 g/mol. The van der Waals surface area contributed by atoms with E-state index in [2.05, 4.69) is 9.97 Å². The molecule has 1 aromatic heterocycles. The number of rotatable bonds is 5. The largest absolute Gasteiger partial charge is 0.473 e. The summed E-state index contributed by atoms with van der Waals surface area (Å²) in [4.78, 5) is 8.34. The number of halogens is 1. The van der Waals surface area contributed by atoms with Crippen LogP contribution in [0.5, 0.6) is 5.88 Å². The van der Waals surface area contributed by atoms with Gasteiger partial charge in [-0.3, -0.25) is 0 Å². The first kappa shape index (κ1) is 13.2. The van der Waals surface area contributed by atoms with Gasteiger partial charge in [-0.1, -0.05) is 11.6 Å². The van der Waals surface area contributed by atoms with Crippen molar-refractivity contribution in [2.75, 3.05) is 13.2 Å². The molecule has 0 aliphatic heterocycles. The molecule has 16 heavy (non-hydrogen) atoms. The summed E-state index contributed by atoms with van der Waals surface area (Å²) in [5.74, 6) is 0.372. The van der Waals surface area contributed by atoms with Crippen LogP contribution in [-0.4, -0.2) is 29.3 Å². The molecule has 0 saturated carbocycles. The van der Waals surface area contributed by atoms with Gasteiger partial charge in [0, 0.05) is 0 Å². The Labute approximate surface area is 101 Å². The molecule has 0 fully saturated rings. The van der Waals surface area contributed by atoms with Gasteiger partial charge in [-0.05, 0) is 27.7 Å². The fourth-order valence-corrected chi connectivity index (χ4v) is 1.29. The lowest BCUT2D eigenvalue weighted by Crippen LogP contribution is -2.12. The summed E-state index contributed by atoms with van der Waals surface area (Å²) in [7, 11) is 0. The minimum absolute atomic E-state index is 0.199. The van der Waals surface area contributed by atoms with Crippen LogP contribution in [0.25, 0.3) is 0 Å². The third kappa shape index (κ3) is 3.94. The molecule has 0 bridgehead atoms. The highest BCUT2D eigenvalue weighted by Crippen LogP contribution is 2.20. The lowest BCUT2D eigenvalue weighted by molar-refractivity contribution is 0.0541. The summed E-state index contributed by atoms with van der Waals surface area (Å²) in [6, 6.07) is 0. The Hall–Kier alpha value is -0.870. The third-order valence-electron chi connectivity index (χ3n) is 2.01. The molecule has 0 aliphatic rings. The summed E-state index contributed by atoms with van der Waals surface area (Å²) in [6.45, 7) is 8.62. The zero-order chi connectivity index (χ0) is 12.1. The van der Waals surface area contributed by atoms with Crippen LogP contribution in [0.2, 0.25) is 5.15 Å². The van der Waals surface area contributed by atoms with E-state index in [1.165, 1.54) is 0 Å². The topological polar surface area (TPSA) is 44.2 Å². The van der Waals surface area contributed by atoms with Gasteiger partial charge in [0.25, 0.3) is 5.88 Å². The quantitative estimate of drug-likeness (QED) is 0.747. The second kappa shape index (κ2) is 6.01. The van der Waals surface area contributed by atoms with Crippen LogP contribution >= 0.6 is 11.6 Å². The highest BCUT2D eigenvalue weighted by Gasteiger charge is 2.08. The summed E-state index contributed by atoms with van der Waals surface area (Å²) in [5, 5.41) is 0.299. The first-order valence-electron chi connectivity index (χ1n) is 5.26. The van der Waals surface area contributed by atoms with E-state index >= 15 is 0 Å². The molecule has 0 atom stereocenters. The smallest absolute Gasteiger partial charge is 0.252 e. The van der Waals surface area contributed by atoms with E-state index in [0.717, 1.165) is 11.4 Å². The number of nitrogens with zero attached hydrogens (tertiary/aromatic N) is 2. The number of aromatic nitrogens is 2. The maximum Gasteiger partial charge on any atom is 0.252 e. The minimum atomic E-state index is 0.199. The Morgan fingerprint density at radius 3 is 2.38 bits per heavy atom. The average Bonchev–Trinajstić information content (AvgIpc) is 2.19. The van der Waals surface area contributed by atoms with Crippen molar-refractivity contribution < 1.29 is 9.47 Å². The molecule has 1 heterocycles. The van der Waals surface area contributed by atoms with E-state index in [1.807, 2.05) is 27.7 Å². The molecule has 0 unspecified atom stereocenters. The lowest BCUT2D eigenvalue weighted by atomic mass is 10.3. The van der Waals surface area contributed by atoms with Gasteiger partial charge in [-0.25, -0.2) is 9.97 Å². The minimum Gasteiger partial charge on any atom is -0.473 e. The number of hydrogen-bond donors (Lipinski definition) is 0. The second-order valence-corrected chi connectivity index (χ2v) is 4.12. The van der Waals surface area contributed by atoms with Gasteiger partial charge in [0.2, 0.25) is 0 Å². The summed E-state index contributed by atoms with van der Waals surface area (Å²) < 4.78 is 10.7. The van der Waals surface area contributed by atoms with Crippen molar-refractivity contribution in [1.29, 1.82) is 0 Å². The first-order chi connectivity index (χ1) is 7.50. The van der Waals surface area contributed by atoms with Gasteiger partial charge in [-0.2, -0.15) is 0 Å². The molecule has 0 saturated heterocycles. The van der Waals surface area contributed by atoms with E-state index in [1.54, 1.807) is 0 Å². The first-order valence-corrected chi connectivity index (χ1v) is 5.63. The Bertz CT molecular complexity index is 356. The van der Waals surface area contributed by atoms with Gasteiger partial charge >= 0.3 is 0 Å². The molecule has 0 spiro atoms. The highest BCUT2D eigenvalue weighted by atomic mass is 35.5. The van der Waals surface area contributed by atoms with Crippen molar-refractivity contribution in [3.63, 3.8) is 0 Å². The van der Waals surface area contributed by atoms with Gasteiger partial charge in [0.05, 0.1) is 24.1 Å². The maximum absolute atomic E-state index is 5.90. The number of aryl methyl sites for hydroxylation is 2. The molecule has 0 aliphatic carbocycles. The molecular weight excluding hydrogens is 228 g/mol. The summed E-state index contributed by atoms with van der Waals surface area (Å²) >= 11 is 5.90. The monoisotopic (exact) mass is 244 g/mol. The summed E-state index contributed by atoms with van der Waals surface area (Å²) in [6.07, 6.45) is 0.199. The second-order valence-electron chi connectivity index (χ2n) is 3.76. The number of ether oxygens (including phenoxy) is 2. The molecule has 0 radical (unpaired) electrons. The maximum atomic E-state index is 5.90.